The van der Waals surface area contributed by atoms with Crippen LogP contribution in [0.2, 0.25) is 0 Å². The average molecular weight is 739 g/mol. The predicted octanol–water partition coefficient (Wildman–Crippen LogP) is 15.6. The number of rotatable bonds is 7. The van der Waals surface area contributed by atoms with Crippen molar-refractivity contribution in [3.8, 4) is 39.1 Å². The molecule has 0 bridgehead atoms. The molecule has 0 saturated heterocycles. The zero-order valence-corrected chi connectivity index (χ0v) is 31.8. The topological polar surface area (TPSA) is 8.17 Å². The third kappa shape index (κ3) is 5.66. The monoisotopic (exact) mass is 738 g/mol. The van der Waals surface area contributed by atoms with Gasteiger partial charge in [-0.3, -0.25) is 0 Å². The second kappa shape index (κ2) is 14.1. The lowest BCUT2D eigenvalue weighted by Crippen LogP contribution is -2.11. The maximum absolute atomic E-state index is 2.45. The van der Waals surface area contributed by atoms with E-state index in [1.807, 2.05) is 0 Å². The van der Waals surface area contributed by atoms with E-state index in [1.54, 1.807) is 0 Å². The quantitative estimate of drug-likeness (QED) is 0.158. The highest BCUT2D eigenvalue weighted by Gasteiger charge is 2.22. The number of benzene rings is 10. The molecule has 0 N–H and O–H groups in total. The molecule has 0 radical (unpaired) electrons. The predicted molar refractivity (Wildman–Crippen MR) is 247 cm³/mol. The summed E-state index contributed by atoms with van der Waals surface area (Å²) < 4.78 is 2.45. The van der Waals surface area contributed by atoms with Crippen LogP contribution in [0, 0.1) is 0 Å². The van der Waals surface area contributed by atoms with Crippen LogP contribution >= 0.6 is 0 Å². The minimum atomic E-state index is 1.09. The molecule has 0 aliphatic carbocycles. The fraction of sp³-hybridized carbons (Fsp3) is 0. The second-order valence-corrected chi connectivity index (χ2v) is 14.9. The molecule has 0 saturated carbocycles. The molecule has 2 heteroatoms. The lowest BCUT2D eigenvalue weighted by molar-refractivity contribution is 1.20. The van der Waals surface area contributed by atoms with Crippen LogP contribution in [-0.4, -0.2) is 4.57 Å². The van der Waals surface area contributed by atoms with Crippen LogP contribution in [0.3, 0.4) is 0 Å². The highest BCUT2D eigenvalue weighted by Crippen LogP contribution is 2.46. The van der Waals surface area contributed by atoms with Gasteiger partial charge in [0.1, 0.15) is 0 Å². The molecule has 272 valence electrons. The van der Waals surface area contributed by atoms with Gasteiger partial charge in [-0.25, -0.2) is 0 Å². The van der Waals surface area contributed by atoms with E-state index >= 15 is 0 Å². The van der Waals surface area contributed by atoms with Gasteiger partial charge in [-0.05, 0) is 92.5 Å². The summed E-state index contributed by atoms with van der Waals surface area (Å²) in [6, 6.07) is 83.7. The Labute approximate surface area is 338 Å². The van der Waals surface area contributed by atoms with Crippen LogP contribution < -0.4 is 4.90 Å². The van der Waals surface area contributed by atoms with Gasteiger partial charge in [0.2, 0.25) is 0 Å². The first-order chi connectivity index (χ1) is 28.8. The number of para-hydroxylation sites is 2. The summed E-state index contributed by atoms with van der Waals surface area (Å²) in [5.41, 5.74) is 14.0. The van der Waals surface area contributed by atoms with Gasteiger partial charge in [0, 0.05) is 33.1 Å². The first-order valence-corrected chi connectivity index (χ1v) is 19.9. The van der Waals surface area contributed by atoms with E-state index in [-0.39, 0.29) is 0 Å². The van der Waals surface area contributed by atoms with Crippen molar-refractivity contribution in [1.29, 1.82) is 0 Å². The maximum Gasteiger partial charge on any atom is 0.0547 e. The summed E-state index contributed by atoms with van der Waals surface area (Å²) in [7, 11) is 0. The van der Waals surface area contributed by atoms with E-state index in [2.05, 4.69) is 240 Å². The molecule has 0 unspecified atom stereocenters. The molecule has 0 aliphatic heterocycles. The summed E-state index contributed by atoms with van der Waals surface area (Å²) in [6.45, 7) is 0. The van der Waals surface area contributed by atoms with Crippen molar-refractivity contribution in [2.45, 2.75) is 0 Å². The van der Waals surface area contributed by atoms with Crippen molar-refractivity contribution in [2.24, 2.45) is 0 Å². The van der Waals surface area contributed by atoms with E-state index in [1.165, 1.54) is 76.9 Å². The van der Waals surface area contributed by atoms with Crippen LogP contribution in [0.25, 0.3) is 82.4 Å². The summed E-state index contributed by atoms with van der Waals surface area (Å²) >= 11 is 0. The van der Waals surface area contributed by atoms with Gasteiger partial charge in [0.25, 0.3) is 0 Å². The van der Waals surface area contributed by atoms with Crippen LogP contribution in [0.5, 0.6) is 0 Å². The molecule has 0 amide bonds. The first kappa shape index (κ1) is 33.6. The number of hydrogen-bond acceptors (Lipinski definition) is 1. The van der Waals surface area contributed by atoms with Gasteiger partial charge in [-0.1, -0.05) is 182 Å². The number of aromatic nitrogens is 1. The van der Waals surface area contributed by atoms with Gasteiger partial charge in [0.15, 0.2) is 0 Å². The van der Waals surface area contributed by atoms with Crippen LogP contribution in [0.15, 0.2) is 231 Å². The zero-order valence-electron chi connectivity index (χ0n) is 31.8. The molecule has 0 atom stereocenters. The number of hydrogen-bond donors (Lipinski definition) is 0. The normalized spacial score (nSPS) is 11.4. The van der Waals surface area contributed by atoms with E-state index in [4.69, 9.17) is 0 Å². The van der Waals surface area contributed by atoms with E-state index in [0.29, 0.717) is 0 Å². The van der Waals surface area contributed by atoms with Gasteiger partial charge >= 0.3 is 0 Å². The Morgan fingerprint density at radius 1 is 0.310 bits per heavy atom. The molecule has 0 spiro atoms. The Bertz CT molecular complexity index is 3270. The highest BCUT2D eigenvalue weighted by atomic mass is 15.1. The fourth-order valence-electron chi connectivity index (χ4n) is 8.95. The standard InChI is InChI=1S/C56H38N2/c1-2-16-39(17-3-1)40-34-36-44(37-35-40)57(45-23-12-22-43(38-45)47-28-13-20-41-18-4-6-24-46(41)47)53-30-10-8-26-49(53)50-29-15-33-55-56(50)51-27-9-11-31-54(51)58(55)52-32-14-21-42-19-5-7-25-48(42)52/h1-38H. The molecule has 0 aliphatic rings. The SMILES string of the molecule is c1ccc(-c2ccc(N(c3cccc(-c4cccc5ccccc45)c3)c3ccccc3-c3cccc4c3c3ccccc3n4-c3cccc4ccccc34)cc2)cc1. The summed E-state index contributed by atoms with van der Waals surface area (Å²) in [6.07, 6.45) is 0. The maximum atomic E-state index is 2.45. The number of nitrogens with zero attached hydrogens (tertiary/aromatic N) is 2. The minimum Gasteiger partial charge on any atom is -0.310 e. The van der Waals surface area contributed by atoms with Crippen molar-refractivity contribution < 1.29 is 0 Å². The highest BCUT2D eigenvalue weighted by molar-refractivity contribution is 6.17. The average Bonchev–Trinajstić information content (AvgIpc) is 3.64. The van der Waals surface area contributed by atoms with Crippen molar-refractivity contribution >= 4 is 60.4 Å². The Balaban J connectivity index is 1.14. The third-order valence-electron chi connectivity index (χ3n) is 11.6. The smallest absolute Gasteiger partial charge is 0.0547 e. The largest absolute Gasteiger partial charge is 0.310 e. The van der Waals surface area contributed by atoms with Crippen LogP contribution in [0.1, 0.15) is 0 Å². The van der Waals surface area contributed by atoms with E-state index in [0.717, 1.165) is 22.6 Å². The van der Waals surface area contributed by atoms with Crippen LogP contribution in [-0.2, 0) is 0 Å². The molecular weight excluding hydrogens is 701 g/mol. The first-order valence-electron chi connectivity index (χ1n) is 19.9. The van der Waals surface area contributed by atoms with Crippen molar-refractivity contribution in [1.82, 2.24) is 4.57 Å². The molecule has 58 heavy (non-hydrogen) atoms. The lowest BCUT2D eigenvalue weighted by atomic mass is 9.95. The van der Waals surface area contributed by atoms with Gasteiger partial charge in [-0.15, -0.1) is 0 Å². The summed E-state index contributed by atoms with van der Waals surface area (Å²) in [5.74, 6) is 0. The van der Waals surface area contributed by atoms with Gasteiger partial charge < -0.3 is 9.47 Å². The third-order valence-corrected chi connectivity index (χ3v) is 11.6. The van der Waals surface area contributed by atoms with E-state index < -0.39 is 0 Å². The molecule has 2 nitrogen and oxygen atoms in total. The minimum absolute atomic E-state index is 1.09. The summed E-state index contributed by atoms with van der Waals surface area (Å²) in [5, 5.41) is 7.41. The Morgan fingerprint density at radius 2 is 0.862 bits per heavy atom. The Morgan fingerprint density at radius 3 is 1.71 bits per heavy atom. The fourth-order valence-corrected chi connectivity index (χ4v) is 8.95. The molecule has 0 fully saturated rings. The summed E-state index contributed by atoms with van der Waals surface area (Å²) in [4.78, 5) is 2.43. The molecule has 11 aromatic rings. The van der Waals surface area contributed by atoms with Crippen molar-refractivity contribution in [2.75, 3.05) is 4.90 Å². The zero-order chi connectivity index (χ0) is 38.4. The van der Waals surface area contributed by atoms with Crippen molar-refractivity contribution in [3.63, 3.8) is 0 Å². The molecule has 11 rings (SSSR count). The van der Waals surface area contributed by atoms with Gasteiger partial charge in [-0.2, -0.15) is 0 Å². The van der Waals surface area contributed by atoms with Crippen LogP contribution in [0.4, 0.5) is 17.1 Å². The van der Waals surface area contributed by atoms with Crippen molar-refractivity contribution in [3.05, 3.63) is 231 Å². The Kier molecular flexibility index (Phi) is 8.19. The lowest BCUT2D eigenvalue weighted by Gasteiger charge is -2.29. The van der Waals surface area contributed by atoms with E-state index in [9.17, 15) is 0 Å². The molecule has 10 aromatic carbocycles. The molecule has 1 aromatic heterocycles. The molecular formula is C56H38N2. The number of fused-ring (bicyclic) bond motifs is 5. The Hall–Kier alpha value is -7.68. The number of anilines is 3. The second-order valence-electron chi connectivity index (χ2n) is 14.9. The van der Waals surface area contributed by atoms with Gasteiger partial charge in [0.05, 0.1) is 22.4 Å². The molecule has 1 heterocycles.